The minimum atomic E-state index is -0.616. The molecule has 0 amide bonds. The molecule has 0 saturated carbocycles. The molecule has 1 aliphatic heterocycles. The van der Waals surface area contributed by atoms with Gasteiger partial charge in [0.2, 0.25) is 0 Å². The van der Waals surface area contributed by atoms with E-state index in [9.17, 15) is 10.4 Å². The van der Waals surface area contributed by atoms with Crippen LogP contribution in [0.2, 0.25) is 0 Å². The molecule has 1 N–H and O–H groups in total. The van der Waals surface area contributed by atoms with Gasteiger partial charge in [0.25, 0.3) is 0 Å². The van der Waals surface area contributed by atoms with E-state index in [1.165, 1.54) is 19.3 Å². The van der Waals surface area contributed by atoms with Gasteiger partial charge in [-0.3, -0.25) is 0 Å². The van der Waals surface area contributed by atoms with Crippen LogP contribution in [0, 0.1) is 16.7 Å². The Balaban J connectivity index is 1.82. The molecule has 1 aromatic rings. The molecule has 2 aliphatic rings. The van der Waals surface area contributed by atoms with E-state index < -0.39 is 5.41 Å². The van der Waals surface area contributed by atoms with Crippen LogP contribution in [0.4, 0.5) is 0 Å². The van der Waals surface area contributed by atoms with Crippen LogP contribution in [0.25, 0.3) is 0 Å². The van der Waals surface area contributed by atoms with Crippen molar-refractivity contribution >= 4 is 0 Å². The first-order valence-electron chi connectivity index (χ1n) is 8.69. The van der Waals surface area contributed by atoms with Gasteiger partial charge in [-0.1, -0.05) is 42.5 Å². The van der Waals surface area contributed by atoms with Gasteiger partial charge >= 0.3 is 0 Å². The maximum Gasteiger partial charge on any atom is 0.104 e. The monoisotopic (exact) mass is 320 g/mol. The number of nitrogens with zero attached hydrogens (tertiary/aromatic N) is 2. The number of nitriles is 1. The summed E-state index contributed by atoms with van der Waals surface area (Å²) >= 11 is 0. The van der Waals surface area contributed by atoms with Crippen molar-refractivity contribution in [2.45, 2.75) is 32.1 Å². The molecular weight excluding hydrogens is 296 g/mol. The SMILES string of the molecule is N#CCC1(Cc2ccccc2)C=CC(=CN2CCCCC2)C=C1O. The Kier molecular flexibility index (Phi) is 5.05. The Hall–Kier alpha value is -2.47. The van der Waals surface area contributed by atoms with Gasteiger partial charge in [-0.2, -0.15) is 5.26 Å². The van der Waals surface area contributed by atoms with Crippen LogP contribution in [0.1, 0.15) is 31.2 Å². The molecule has 0 bridgehead atoms. The maximum atomic E-state index is 10.7. The number of rotatable bonds is 4. The van der Waals surface area contributed by atoms with E-state index in [1.54, 1.807) is 0 Å². The zero-order valence-corrected chi connectivity index (χ0v) is 14.0. The molecular formula is C21H24N2O. The second-order valence-electron chi connectivity index (χ2n) is 6.74. The molecule has 1 fully saturated rings. The summed E-state index contributed by atoms with van der Waals surface area (Å²) in [5, 5.41) is 20.0. The van der Waals surface area contributed by atoms with Crippen LogP contribution < -0.4 is 0 Å². The summed E-state index contributed by atoms with van der Waals surface area (Å²) in [6, 6.07) is 12.3. The predicted molar refractivity (Wildman–Crippen MR) is 96.2 cm³/mol. The van der Waals surface area contributed by atoms with Gasteiger partial charge in [-0.15, -0.1) is 0 Å². The third-order valence-electron chi connectivity index (χ3n) is 4.89. The Morgan fingerprint density at radius 2 is 1.92 bits per heavy atom. The van der Waals surface area contributed by atoms with Gasteiger partial charge in [0.1, 0.15) is 5.76 Å². The number of aliphatic hydroxyl groups is 1. The highest BCUT2D eigenvalue weighted by Crippen LogP contribution is 2.39. The van der Waals surface area contributed by atoms with Crippen LogP contribution in [0.3, 0.4) is 0 Å². The minimum absolute atomic E-state index is 0.276. The van der Waals surface area contributed by atoms with Crippen LogP contribution >= 0.6 is 0 Å². The Morgan fingerprint density at radius 1 is 1.17 bits per heavy atom. The van der Waals surface area contributed by atoms with Gasteiger partial charge in [-0.25, -0.2) is 0 Å². The third kappa shape index (κ3) is 3.71. The van der Waals surface area contributed by atoms with Gasteiger partial charge < -0.3 is 10.0 Å². The Bertz CT molecular complexity index is 690. The number of benzene rings is 1. The van der Waals surface area contributed by atoms with E-state index in [0.29, 0.717) is 12.2 Å². The van der Waals surface area contributed by atoms with Crippen LogP contribution in [0.5, 0.6) is 0 Å². The largest absolute Gasteiger partial charge is 0.511 e. The highest BCUT2D eigenvalue weighted by Gasteiger charge is 2.34. The van der Waals surface area contributed by atoms with Gasteiger partial charge in [0.05, 0.1) is 17.9 Å². The molecule has 3 nitrogen and oxygen atoms in total. The lowest BCUT2D eigenvalue weighted by Gasteiger charge is -2.31. The zero-order valence-electron chi connectivity index (χ0n) is 14.0. The van der Waals surface area contributed by atoms with Crippen molar-refractivity contribution in [2.75, 3.05) is 13.1 Å². The van der Waals surface area contributed by atoms with Gasteiger partial charge in [0.15, 0.2) is 0 Å². The molecule has 124 valence electrons. The van der Waals surface area contributed by atoms with E-state index in [2.05, 4.69) is 23.2 Å². The highest BCUT2D eigenvalue weighted by atomic mass is 16.3. The maximum absolute atomic E-state index is 10.7. The first-order valence-corrected chi connectivity index (χ1v) is 8.69. The van der Waals surface area contributed by atoms with Crippen molar-refractivity contribution in [1.82, 2.24) is 4.90 Å². The Labute approximate surface area is 144 Å². The van der Waals surface area contributed by atoms with Crippen molar-refractivity contribution in [2.24, 2.45) is 5.41 Å². The van der Waals surface area contributed by atoms with E-state index in [4.69, 9.17) is 0 Å². The molecule has 1 heterocycles. The van der Waals surface area contributed by atoms with Gasteiger partial charge in [-0.05, 0) is 42.9 Å². The molecule has 1 aromatic carbocycles. The van der Waals surface area contributed by atoms with Crippen molar-refractivity contribution < 1.29 is 5.11 Å². The summed E-state index contributed by atoms with van der Waals surface area (Å²) < 4.78 is 0. The predicted octanol–water partition coefficient (Wildman–Crippen LogP) is 4.51. The lowest BCUT2D eigenvalue weighted by molar-refractivity contribution is 0.266. The molecule has 3 rings (SSSR count). The molecule has 1 atom stereocenters. The van der Waals surface area contributed by atoms with E-state index in [1.807, 2.05) is 42.5 Å². The standard InChI is InChI=1S/C21H24N2O/c22-12-11-21(16-18-7-3-1-4-8-18)10-9-19(15-20(21)24)17-23-13-5-2-6-14-23/h1,3-4,7-10,15,17,24H,2,5-6,11,13-14,16H2. The van der Waals surface area contributed by atoms with Crippen LogP contribution in [0.15, 0.2) is 66.1 Å². The zero-order chi connectivity index (χ0) is 16.8. The highest BCUT2D eigenvalue weighted by molar-refractivity contribution is 5.42. The van der Waals surface area contributed by atoms with E-state index >= 15 is 0 Å². The number of hydrogen-bond donors (Lipinski definition) is 1. The summed E-state index contributed by atoms with van der Waals surface area (Å²) in [5.41, 5.74) is 1.52. The summed E-state index contributed by atoms with van der Waals surface area (Å²) in [6.45, 7) is 2.17. The molecule has 1 aliphatic carbocycles. The molecule has 1 saturated heterocycles. The second-order valence-corrected chi connectivity index (χ2v) is 6.74. The van der Waals surface area contributed by atoms with E-state index in [-0.39, 0.29) is 6.42 Å². The molecule has 0 spiro atoms. The molecule has 24 heavy (non-hydrogen) atoms. The normalized spacial score (nSPS) is 25.4. The van der Waals surface area contributed by atoms with Crippen molar-refractivity contribution in [3.8, 4) is 6.07 Å². The summed E-state index contributed by atoms with van der Waals surface area (Å²) in [6.07, 6.45) is 12.7. The van der Waals surface area contributed by atoms with Crippen molar-refractivity contribution in [1.29, 1.82) is 5.26 Å². The summed E-state index contributed by atoms with van der Waals surface area (Å²) in [7, 11) is 0. The first kappa shape index (κ1) is 16.4. The van der Waals surface area contributed by atoms with Crippen LogP contribution in [-0.4, -0.2) is 23.1 Å². The minimum Gasteiger partial charge on any atom is -0.511 e. The summed E-state index contributed by atoms with van der Waals surface area (Å²) in [4.78, 5) is 2.32. The molecule has 0 radical (unpaired) electrons. The number of likely N-dealkylation sites (tertiary alicyclic amines) is 1. The average molecular weight is 320 g/mol. The first-order chi connectivity index (χ1) is 11.7. The molecule has 3 heteroatoms. The second kappa shape index (κ2) is 7.40. The number of aliphatic hydroxyl groups excluding tert-OH is 1. The van der Waals surface area contributed by atoms with Crippen LogP contribution in [-0.2, 0) is 6.42 Å². The fraction of sp³-hybridized carbons (Fsp3) is 0.381. The summed E-state index contributed by atoms with van der Waals surface area (Å²) in [5.74, 6) is 0.290. The lowest BCUT2D eigenvalue weighted by Crippen LogP contribution is -2.27. The number of allylic oxidation sites excluding steroid dienone is 4. The average Bonchev–Trinajstić information content (AvgIpc) is 2.60. The van der Waals surface area contributed by atoms with Crippen molar-refractivity contribution in [3.05, 3.63) is 71.7 Å². The Morgan fingerprint density at radius 3 is 2.58 bits per heavy atom. The smallest absolute Gasteiger partial charge is 0.104 e. The number of piperidine rings is 1. The van der Waals surface area contributed by atoms with Gasteiger partial charge in [0, 0.05) is 19.3 Å². The fourth-order valence-corrected chi connectivity index (χ4v) is 3.49. The van der Waals surface area contributed by atoms with E-state index in [0.717, 1.165) is 24.2 Å². The third-order valence-corrected chi connectivity index (χ3v) is 4.89. The number of hydrogen-bond acceptors (Lipinski definition) is 3. The fourth-order valence-electron chi connectivity index (χ4n) is 3.49. The topological polar surface area (TPSA) is 47.3 Å². The quantitative estimate of drug-likeness (QED) is 0.888. The van der Waals surface area contributed by atoms with Crippen molar-refractivity contribution in [3.63, 3.8) is 0 Å². The lowest BCUT2D eigenvalue weighted by atomic mass is 9.74. The molecule has 1 unspecified atom stereocenters. The molecule has 0 aromatic heterocycles.